The third-order valence-corrected chi connectivity index (χ3v) is 4.97. The van der Waals surface area contributed by atoms with Crippen LogP contribution in [0.5, 0.6) is 0 Å². The molecule has 0 radical (unpaired) electrons. The van der Waals surface area contributed by atoms with Gasteiger partial charge in [0.15, 0.2) is 4.73 Å². The summed E-state index contributed by atoms with van der Waals surface area (Å²) in [5.41, 5.74) is 2.03. The maximum atomic E-state index is 12.6. The van der Waals surface area contributed by atoms with Crippen LogP contribution < -0.4 is 10.6 Å². The summed E-state index contributed by atoms with van der Waals surface area (Å²) in [6.07, 6.45) is 1.92. The molecule has 1 fully saturated rings. The molecule has 1 aromatic carbocycles. The van der Waals surface area contributed by atoms with Crippen molar-refractivity contribution in [2.75, 3.05) is 5.32 Å². The van der Waals surface area contributed by atoms with Crippen molar-refractivity contribution in [2.45, 2.75) is 25.4 Å². The average Bonchev–Trinajstić information content (AvgIpc) is 3.19. The zero-order valence-corrected chi connectivity index (χ0v) is 15.5. The van der Waals surface area contributed by atoms with Crippen molar-refractivity contribution >= 4 is 45.2 Å². The molecule has 1 atom stereocenters. The molecule has 0 spiro atoms. The summed E-state index contributed by atoms with van der Waals surface area (Å²) >= 11 is 3.14. The Balaban J connectivity index is 1.51. The SMILES string of the molecule is O=C1CCC(N2Cc3cc(NC(=O)c4cnc(Br)[nH]4)ccc3C2=O)C(=O)N1. The monoisotopic (exact) mass is 431 g/mol. The highest BCUT2D eigenvalue weighted by atomic mass is 79.9. The first kappa shape index (κ1) is 17.4. The third kappa shape index (κ3) is 3.23. The second-order valence-corrected chi connectivity index (χ2v) is 7.06. The fourth-order valence-electron chi connectivity index (χ4n) is 3.26. The molecule has 9 nitrogen and oxygen atoms in total. The summed E-state index contributed by atoms with van der Waals surface area (Å²) in [4.78, 5) is 56.4. The first-order chi connectivity index (χ1) is 12.9. The Kier molecular flexibility index (Phi) is 4.27. The first-order valence-electron chi connectivity index (χ1n) is 8.22. The van der Waals surface area contributed by atoms with Crippen LogP contribution in [-0.2, 0) is 16.1 Å². The normalized spacial score (nSPS) is 19.1. The van der Waals surface area contributed by atoms with Crippen molar-refractivity contribution in [3.05, 3.63) is 46.0 Å². The number of fused-ring (bicyclic) bond motifs is 1. The van der Waals surface area contributed by atoms with E-state index in [2.05, 4.69) is 36.5 Å². The van der Waals surface area contributed by atoms with Gasteiger partial charge in [-0.15, -0.1) is 0 Å². The number of imidazole rings is 1. The molecule has 4 amide bonds. The van der Waals surface area contributed by atoms with Gasteiger partial charge in [0, 0.05) is 24.2 Å². The molecule has 0 bridgehead atoms. The summed E-state index contributed by atoms with van der Waals surface area (Å²) in [5, 5.41) is 5.01. The molecule has 1 aromatic heterocycles. The van der Waals surface area contributed by atoms with Crippen LogP contribution in [0.2, 0.25) is 0 Å². The number of H-pyrrole nitrogens is 1. The van der Waals surface area contributed by atoms with E-state index in [1.165, 1.54) is 11.1 Å². The predicted octanol–water partition coefficient (Wildman–Crippen LogP) is 1.19. The van der Waals surface area contributed by atoms with Crippen molar-refractivity contribution < 1.29 is 19.2 Å². The molecule has 27 heavy (non-hydrogen) atoms. The number of aromatic nitrogens is 2. The lowest BCUT2D eigenvalue weighted by atomic mass is 10.0. The van der Waals surface area contributed by atoms with Crippen molar-refractivity contribution in [2.24, 2.45) is 0 Å². The van der Waals surface area contributed by atoms with Crippen LogP contribution in [0.25, 0.3) is 0 Å². The van der Waals surface area contributed by atoms with E-state index in [9.17, 15) is 19.2 Å². The number of hydrogen-bond donors (Lipinski definition) is 3. The number of nitrogens with one attached hydrogen (secondary N) is 3. The van der Waals surface area contributed by atoms with Gasteiger partial charge in [-0.2, -0.15) is 0 Å². The largest absolute Gasteiger partial charge is 0.328 e. The van der Waals surface area contributed by atoms with Gasteiger partial charge in [-0.1, -0.05) is 0 Å². The number of amides is 4. The molecular formula is C17H14BrN5O4. The number of benzene rings is 1. The number of imide groups is 1. The molecule has 1 saturated heterocycles. The molecule has 0 aliphatic carbocycles. The van der Waals surface area contributed by atoms with Crippen LogP contribution in [0.3, 0.4) is 0 Å². The molecular weight excluding hydrogens is 418 g/mol. The quantitative estimate of drug-likeness (QED) is 0.629. The second-order valence-electron chi connectivity index (χ2n) is 6.31. The number of nitrogens with zero attached hydrogens (tertiary/aromatic N) is 2. The Labute approximate surface area is 161 Å². The Bertz CT molecular complexity index is 985. The van der Waals surface area contributed by atoms with Gasteiger partial charge in [0.1, 0.15) is 11.7 Å². The predicted molar refractivity (Wildman–Crippen MR) is 96.7 cm³/mol. The third-order valence-electron chi connectivity index (χ3n) is 4.57. The number of anilines is 1. The molecule has 4 rings (SSSR count). The van der Waals surface area contributed by atoms with Crippen molar-refractivity contribution in [3.8, 4) is 0 Å². The highest BCUT2D eigenvalue weighted by Crippen LogP contribution is 2.29. The molecule has 1 unspecified atom stereocenters. The van der Waals surface area contributed by atoms with Gasteiger partial charge in [0.25, 0.3) is 11.8 Å². The minimum absolute atomic E-state index is 0.206. The summed E-state index contributed by atoms with van der Waals surface area (Å²) in [6.45, 7) is 0.250. The van der Waals surface area contributed by atoms with E-state index in [0.29, 0.717) is 33.7 Å². The lowest BCUT2D eigenvalue weighted by molar-refractivity contribution is -0.136. The van der Waals surface area contributed by atoms with Gasteiger partial charge in [0.2, 0.25) is 11.8 Å². The van der Waals surface area contributed by atoms with Crippen LogP contribution in [0.4, 0.5) is 5.69 Å². The topological polar surface area (TPSA) is 124 Å². The Morgan fingerprint density at radius 2 is 2.11 bits per heavy atom. The van der Waals surface area contributed by atoms with E-state index in [0.717, 1.165) is 0 Å². The van der Waals surface area contributed by atoms with Crippen molar-refractivity contribution in [3.63, 3.8) is 0 Å². The van der Waals surface area contributed by atoms with Crippen molar-refractivity contribution in [1.82, 2.24) is 20.2 Å². The maximum absolute atomic E-state index is 12.6. The van der Waals surface area contributed by atoms with E-state index < -0.39 is 11.9 Å². The van der Waals surface area contributed by atoms with Gasteiger partial charge in [-0.05, 0) is 46.1 Å². The molecule has 2 aliphatic rings. The van der Waals surface area contributed by atoms with Gasteiger partial charge in [-0.3, -0.25) is 24.5 Å². The molecule has 10 heteroatoms. The lowest BCUT2D eigenvalue weighted by Gasteiger charge is -2.29. The Hall–Kier alpha value is -3.01. The van der Waals surface area contributed by atoms with Crippen LogP contribution in [0, 0.1) is 0 Å². The Morgan fingerprint density at radius 1 is 1.30 bits per heavy atom. The molecule has 0 saturated carbocycles. The summed E-state index contributed by atoms with van der Waals surface area (Å²) in [6, 6.07) is 4.31. The highest BCUT2D eigenvalue weighted by molar-refractivity contribution is 9.10. The number of rotatable bonds is 3. The van der Waals surface area contributed by atoms with E-state index in [1.807, 2.05) is 0 Å². The number of aromatic amines is 1. The smallest absolute Gasteiger partial charge is 0.273 e. The number of carbonyl (C=O) groups is 4. The van der Waals surface area contributed by atoms with Crippen LogP contribution in [-0.4, -0.2) is 44.5 Å². The number of halogens is 1. The number of hydrogen-bond acceptors (Lipinski definition) is 5. The van der Waals surface area contributed by atoms with E-state index in [4.69, 9.17) is 0 Å². The van der Waals surface area contributed by atoms with Crippen LogP contribution in [0.15, 0.2) is 29.1 Å². The molecule has 2 aliphatic heterocycles. The van der Waals surface area contributed by atoms with Gasteiger partial charge < -0.3 is 15.2 Å². The van der Waals surface area contributed by atoms with E-state index >= 15 is 0 Å². The van der Waals surface area contributed by atoms with Crippen LogP contribution >= 0.6 is 15.9 Å². The first-order valence-corrected chi connectivity index (χ1v) is 9.01. The summed E-state index contributed by atoms with van der Waals surface area (Å²) in [7, 11) is 0. The van der Waals surface area contributed by atoms with Gasteiger partial charge >= 0.3 is 0 Å². The fraction of sp³-hybridized carbons (Fsp3) is 0.235. The standard InChI is InChI=1S/C17H14BrN5O4/c18-17-19-6-11(21-17)14(25)20-9-1-2-10-8(5-9)7-23(16(10)27)12-3-4-13(24)22-15(12)26/h1-2,5-6,12H,3-4,7H2,(H,19,21)(H,20,25)(H,22,24,26). The summed E-state index contributed by atoms with van der Waals surface area (Å²) < 4.78 is 0.451. The van der Waals surface area contributed by atoms with Crippen LogP contribution in [0.1, 0.15) is 39.3 Å². The zero-order valence-electron chi connectivity index (χ0n) is 13.9. The molecule has 138 valence electrons. The highest BCUT2D eigenvalue weighted by Gasteiger charge is 2.39. The van der Waals surface area contributed by atoms with E-state index in [-0.39, 0.29) is 30.7 Å². The zero-order chi connectivity index (χ0) is 19.1. The van der Waals surface area contributed by atoms with Gasteiger partial charge in [-0.25, -0.2) is 4.98 Å². The number of carbonyl (C=O) groups excluding carboxylic acids is 4. The summed E-state index contributed by atoms with van der Waals surface area (Å²) in [5.74, 6) is -1.39. The maximum Gasteiger partial charge on any atom is 0.273 e. The number of piperidine rings is 1. The molecule has 3 N–H and O–H groups in total. The Morgan fingerprint density at radius 3 is 2.81 bits per heavy atom. The van der Waals surface area contributed by atoms with E-state index in [1.54, 1.807) is 18.2 Å². The lowest BCUT2D eigenvalue weighted by Crippen LogP contribution is -2.52. The minimum atomic E-state index is -0.664. The van der Waals surface area contributed by atoms with Crippen molar-refractivity contribution in [1.29, 1.82) is 0 Å². The minimum Gasteiger partial charge on any atom is -0.328 e. The second kappa shape index (κ2) is 6.62. The molecule has 2 aromatic rings. The molecule has 3 heterocycles. The van der Waals surface area contributed by atoms with Gasteiger partial charge in [0.05, 0.1) is 6.20 Å². The fourth-order valence-corrected chi connectivity index (χ4v) is 3.58. The average molecular weight is 432 g/mol.